The lowest BCUT2D eigenvalue weighted by Crippen LogP contribution is -2.21. The van der Waals surface area contributed by atoms with Crippen LogP contribution < -0.4 is 4.74 Å². The summed E-state index contributed by atoms with van der Waals surface area (Å²) in [6, 6.07) is 5.91. The van der Waals surface area contributed by atoms with Crippen LogP contribution in [0.4, 0.5) is 0 Å². The predicted octanol–water partition coefficient (Wildman–Crippen LogP) is 2.47. The monoisotopic (exact) mass is 236 g/mol. The Morgan fingerprint density at radius 3 is 2.94 bits per heavy atom. The van der Waals surface area contributed by atoms with Gasteiger partial charge in [0.05, 0.1) is 12.7 Å². The third-order valence-electron chi connectivity index (χ3n) is 3.19. The Hall–Kier alpha value is -1.06. The number of ether oxygens (including phenoxy) is 2. The molecule has 1 N–H and O–H groups in total. The second kappa shape index (κ2) is 5.52. The number of rotatable bonds is 5. The molecule has 0 amide bonds. The summed E-state index contributed by atoms with van der Waals surface area (Å²) in [6.45, 7) is 5.35. The lowest BCUT2D eigenvalue weighted by Gasteiger charge is -2.22. The fourth-order valence-corrected chi connectivity index (χ4v) is 2.25. The van der Waals surface area contributed by atoms with Gasteiger partial charge >= 0.3 is 0 Å². The fourth-order valence-electron chi connectivity index (χ4n) is 2.25. The summed E-state index contributed by atoms with van der Waals surface area (Å²) in [7, 11) is 0. The Morgan fingerprint density at radius 1 is 1.41 bits per heavy atom. The van der Waals surface area contributed by atoms with Crippen molar-refractivity contribution in [3.8, 4) is 5.75 Å². The maximum absolute atomic E-state index is 10.3. The summed E-state index contributed by atoms with van der Waals surface area (Å²) in [5.74, 6) is 0.949. The third kappa shape index (κ3) is 2.61. The van der Waals surface area contributed by atoms with Crippen LogP contribution >= 0.6 is 0 Å². The number of hydrogen-bond acceptors (Lipinski definition) is 3. The molecule has 1 aromatic rings. The van der Waals surface area contributed by atoms with E-state index in [9.17, 15) is 5.11 Å². The van der Waals surface area contributed by atoms with Gasteiger partial charge in [-0.15, -0.1) is 0 Å². The van der Waals surface area contributed by atoms with Crippen LogP contribution in [0.3, 0.4) is 0 Å². The summed E-state index contributed by atoms with van der Waals surface area (Å²) < 4.78 is 11.0. The van der Waals surface area contributed by atoms with E-state index in [1.54, 1.807) is 0 Å². The van der Waals surface area contributed by atoms with Crippen LogP contribution in [0.5, 0.6) is 5.75 Å². The van der Waals surface area contributed by atoms with E-state index in [2.05, 4.69) is 0 Å². The zero-order valence-electron chi connectivity index (χ0n) is 10.5. The van der Waals surface area contributed by atoms with Crippen LogP contribution in [-0.2, 0) is 11.2 Å². The number of aliphatic hydroxyl groups is 1. The highest BCUT2D eigenvalue weighted by Crippen LogP contribution is 2.30. The normalized spacial score (nSPS) is 17.4. The van der Waals surface area contributed by atoms with E-state index in [0.717, 1.165) is 30.8 Å². The second-order valence-corrected chi connectivity index (χ2v) is 4.31. The summed E-state index contributed by atoms with van der Waals surface area (Å²) in [4.78, 5) is 0. The van der Waals surface area contributed by atoms with E-state index in [4.69, 9.17) is 9.47 Å². The van der Waals surface area contributed by atoms with Gasteiger partial charge in [0.15, 0.2) is 0 Å². The average molecular weight is 236 g/mol. The Labute approximate surface area is 102 Å². The molecular weight excluding hydrogens is 216 g/mol. The van der Waals surface area contributed by atoms with Crippen molar-refractivity contribution in [2.24, 2.45) is 0 Å². The van der Waals surface area contributed by atoms with E-state index in [1.165, 1.54) is 5.56 Å². The Balaban J connectivity index is 2.15. The molecule has 1 aliphatic rings. The zero-order valence-corrected chi connectivity index (χ0v) is 10.5. The van der Waals surface area contributed by atoms with Crippen LogP contribution in [0.1, 0.15) is 37.5 Å². The van der Waals surface area contributed by atoms with Crippen LogP contribution in [0.15, 0.2) is 18.2 Å². The van der Waals surface area contributed by atoms with Gasteiger partial charge in [-0.3, -0.25) is 0 Å². The minimum atomic E-state index is -0.550. The van der Waals surface area contributed by atoms with E-state index >= 15 is 0 Å². The van der Waals surface area contributed by atoms with Crippen molar-refractivity contribution >= 4 is 0 Å². The molecule has 0 saturated heterocycles. The quantitative estimate of drug-likeness (QED) is 0.853. The zero-order chi connectivity index (χ0) is 12.3. The molecule has 1 aliphatic heterocycles. The third-order valence-corrected chi connectivity index (χ3v) is 3.19. The van der Waals surface area contributed by atoms with E-state index < -0.39 is 6.10 Å². The molecule has 0 aromatic heterocycles. The Kier molecular flexibility index (Phi) is 4.02. The van der Waals surface area contributed by atoms with E-state index in [-0.39, 0.29) is 6.10 Å². The van der Waals surface area contributed by atoms with Gasteiger partial charge in [-0.2, -0.15) is 0 Å². The van der Waals surface area contributed by atoms with Crippen molar-refractivity contribution in [3.05, 3.63) is 29.3 Å². The van der Waals surface area contributed by atoms with Gasteiger partial charge in [0.25, 0.3) is 0 Å². The van der Waals surface area contributed by atoms with Crippen molar-refractivity contribution < 1.29 is 14.6 Å². The molecule has 1 heterocycles. The molecule has 2 unspecified atom stereocenters. The first-order valence-corrected chi connectivity index (χ1v) is 6.31. The fraction of sp³-hybridized carbons (Fsp3) is 0.571. The maximum Gasteiger partial charge on any atom is 0.122 e. The summed E-state index contributed by atoms with van der Waals surface area (Å²) in [5.41, 5.74) is 2.11. The van der Waals surface area contributed by atoms with Crippen LogP contribution in [0.2, 0.25) is 0 Å². The molecular formula is C14H20O3. The maximum atomic E-state index is 10.3. The largest absolute Gasteiger partial charge is 0.493 e. The van der Waals surface area contributed by atoms with Gasteiger partial charge in [-0.1, -0.05) is 13.0 Å². The summed E-state index contributed by atoms with van der Waals surface area (Å²) in [5, 5.41) is 10.3. The molecule has 0 fully saturated rings. The summed E-state index contributed by atoms with van der Waals surface area (Å²) >= 11 is 0. The Morgan fingerprint density at radius 2 is 2.24 bits per heavy atom. The molecule has 0 bridgehead atoms. The second-order valence-electron chi connectivity index (χ2n) is 4.31. The molecule has 2 atom stereocenters. The standard InChI is InChI=1S/C14H20O3/c1-3-12(16-4-2)14(15)11-5-6-13-10(9-11)7-8-17-13/h5-6,9,12,14-15H,3-4,7-8H2,1-2H3. The van der Waals surface area contributed by atoms with Gasteiger partial charge in [0.2, 0.25) is 0 Å². The minimum absolute atomic E-state index is 0.125. The van der Waals surface area contributed by atoms with E-state index in [0.29, 0.717) is 6.61 Å². The highest BCUT2D eigenvalue weighted by atomic mass is 16.5. The molecule has 1 aromatic carbocycles. The molecule has 3 nitrogen and oxygen atoms in total. The topological polar surface area (TPSA) is 38.7 Å². The lowest BCUT2D eigenvalue weighted by molar-refractivity contribution is -0.0356. The highest BCUT2D eigenvalue weighted by Gasteiger charge is 2.21. The SMILES string of the molecule is CCOC(CC)C(O)c1ccc2c(c1)CCO2. The van der Waals surface area contributed by atoms with Gasteiger partial charge in [-0.25, -0.2) is 0 Å². The van der Waals surface area contributed by atoms with E-state index in [1.807, 2.05) is 32.0 Å². The smallest absolute Gasteiger partial charge is 0.122 e. The van der Waals surface area contributed by atoms with Crippen molar-refractivity contribution in [2.45, 2.75) is 38.9 Å². The van der Waals surface area contributed by atoms with Crippen molar-refractivity contribution in [1.29, 1.82) is 0 Å². The average Bonchev–Trinajstić information content (AvgIpc) is 2.82. The molecule has 0 saturated carbocycles. The molecule has 0 aliphatic carbocycles. The van der Waals surface area contributed by atoms with Crippen LogP contribution in [0, 0.1) is 0 Å². The first kappa shape index (κ1) is 12.4. The molecule has 0 radical (unpaired) electrons. The minimum Gasteiger partial charge on any atom is -0.493 e. The molecule has 3 heteroatoms. The first-order valence-electron chi connectivity index (χ1n) is 6.31. The van der Waals surface area contributed by atoms with Crippen LogP contribution in [0.25, 0.3) is 0 Å². The van der Waals surface area contributed by atoms with Crippen molar-refractivity contribution in [1.82, 2.24) is 0 Å². The Bertz CT molecular complexity index is 376. The lowest BCUT2D eigenvalue weighted by atomic mass is 9.99. The first-order chi connectivity index (χ1) is 8.26. The number of aliphatic hydroxyl groups excluding tert-OH is 1. The predicted molar refractivity (Wildman–Crippen MR) is 66.3 cm³/mol. The van der Waals surface area contributed by atoms with Crippen LogP contribution in [-0.4, -0.2) is 24.4 Å². The number of fused-ring (bicyclic) bond motifs is 1. The highest BCUT2D eigenvalue weighted by molar-refractivity contribution is 5.40. The van der Waals surface area contributed by atoms with Gasteiger partial charge in [-0.05, 0) is 36.6 Å². The molecule has 94 valence electrons. The van der Waals surface area contributed by atoms with Gasteiger partial charge in [0, 0.05) is 13.0 Å². The number of benzene rings is 1. The summed E-state index contributed by atoms with van der Waals surface area (Å²) in [6.07, 6.45) is 1.07. The van der Waals surface area contributed by atoms with Gasteiger partial charge < -0.3 is 14.6 Å². The molecule has 2 rings (SSSR count). The molecule has 0 spiro atoms. The van der Waals surface area contributed by atoms with Crippen molar-refractivity contribution in [2.75, 3.05) is 13.2 Å². The van der Waals surface area contributed by atoms with Crippen molar-refractivity contribution in [3.63, 3.8) is 0 Å². The van der Waals surface area contributed by atoms with Gasteiger partial charge in [0.1, 0.15) is 11.9 Å². The molecule has 17 heavy (non-hydrogen) atoms. The number of hydrogen-bond donors (Lipinski definition) is 1.